The van der Waals surface area contributed by atoms with Crippen molar-refractivity contribution in [1.29, 1.82) is 0 Å². The van der Waals surface area contributed by atoms with Gasteiger partial charge in [-0.15, -0.1) is 0 Å². The van der Waals surface area contributed by atoms with Gasteiger partial charge in [-0.25, -0.2) is 18.7 Å². The molecule has 3 aromatic rings. The largest absolute Gasteiger partial charge is 0.381 e. The molecule has 1 aromatic carbocycles. The van der Waals surface area contributed by atoms with Crippen molar-refractivity contribution in [2.45, 2.75) is 31.8 Å². The highest BCUT2D eigenvalue weighted by Gasteiger charge is 2.27. The molecule has 1 fully saturated rings. The zero-order chi connectivity index (χ0) is 20.7. The number of benzene rings is 1. The van der Waals surface area contributed by atoms with Crippen molar-refractivity contribution in [2.75, 3.05) is 10.6 Å². The van der Waals surface area contributed by atoms with E-state index < -0.39 is 11.6 Å². The van der Waals surface area contributed by atoms with E-state index in [-0.39, 0.29) is 23.7 Å². The highest BCUT2D eigenvalue weighted by Crippen LogP contribution is 2.33. The normalized spacial score (nSPS) is 15.3. The number of halogens is 2. The molecule has 1 amide bonds. The van der Waals surface area contributed by atoms with Gasteiger partial charge in [-0.05, 0) is 49.6 Å². The van der Waals surface area contributed by atoms with Crippen LogP contribution in [0.4, 0.5) is 26.0 Å². The molecule has 0 radical (unpaired) electrons. The number of carbonyl (C=O) groups excluding carboxylic acids is 1. The maximum absolute atomic E-state index is 14.3. The first kappa shape index (κ1) is 18.5. The Hall–Kier alpha value is -3.55. The molecular formula is C22H19F2N5O. The summed E-state index contributed by atoms with van der Waals surface area (Å²) in [7, 11) is 0. The minimum absolute atomic E-state index is 0.117. The first-order chi connectivity index (χ1) is 14.6. The molecule has 0 bridgehead atoms. The van der Waals surface area contributed by atoms with Gasteiger partial charge in [0.2, 0.25) is 0 Å². The first-order valence-electron chi connectivity index (χ1n) is 9.84. The number of nitrogens with one attached hydrogen (secondary N) is 3. The van der Waals surface area contributed by atoms with Gasteiger partial charge in [0.1, 0.15) is 17.5 Å². The standard InChI is InChI=1S/C22H19F2N5O/c23-14-5-2-6-15(24)20(14)16-9-17(21-18(28-16)11-26-22(21)30)29-19-8-7-13(10-25-19)27-12-3-1-4-12/h2,5-10,12,27H,1,3-4,11H2,(H,26,30)(H,25,28,29). The van der Waals surface area contributed by atoms with Crippen LogP contribution in [0.3, 0.4) is 0 Å². The van der Waals surface area contributed by atoms with E-state index in [1.165, 1.54) is 30.7 Å². The second-order valence-electron chi connectivity index (χ2n) is 7.49. The van der Waals surface area contributed by atoms with Gasteiger partial charge in [0, 0.05) is 6.04 Å². The molecule has 3 heterocycles. The molecule has 1 aliphatic heterocycles. The third-order valence-electron chi connectivity index (χ3n) is 5.46. The molecule has 0 unspecified atom stereocenters. The van der Waals surface area contributed by atoms with Gasteiger partial charge < -0.3 is 16.0 Å². The van der Waals surface area contributed by atoms with Crippen molar-refractivity contribution in [3.63, 3.8) is 0 Å². The number of anilines is 3. The highest BCUT2D eigenvalue weighted by molar-refractivity contribution is 6.04. The summed E-state index contributed by atoms with van der Waals surface area (Å²) in [5.74, 6) is -1.20. The molecule has 2 aromatic heterocycles. The Labute approximate surface area is 171 Å². The van der Waals surface area contributed by atoms with E-state index in [4.69, 9.17) is 0 Å². The van der Waals surface area contributed by atoms with Crippen LogP contribution in [0.1, 0.15) is 35.3 Å². The van der Waals surface area contributed by atoms with Crippen LogP contribution in [0.5, 0.6) is 0 Å². The fraction of sp³-hybridized carbons (Fsp3) is 0.227. The van der Waals surface area contributed by atoms with E-state index in [0.717, 1.165) is 18.5 Å². The maximum Gasteiger partial charge on any atom is 0.255 e. The topological polar surface area (TPSA) is 78.9 Å². The lowest BCUT2D eigenvalue weighted by molar-refractivity contribution is 0.0966. The van der Waals surface area contributed by atoms with Gasteiger partial charge >= 0.3 is 0 Å². The van der Waals surface area contributed by atoms with Crippen molar-refractivity contribution in [2.24, 2.45) is 0 Å². The van der Waals surface area contributed by atoms with Crippen molar-refractivity contribution in [3.8, 4) is 11.3 Å². The molecule has 2 aliphatic rings. The number of amides is 1. The van der Waals surface area contributed by atoms with Crippen LogP contribution >= 0.6 is 0 Å². The number of carbonyl (C=O) groups is 1. The number of hydrogen-bond acceptors (Lipinski definition) is 5. The summed E-state index contributed by atoms with van der Waals surface area (Å²) in [5, 5.41) is 9.22. The Kier molecular flexibility index (Phi) is 4.54. The smallest absolute Gasteiger partial charge is 0.255 e. The maximum atomic E-state index is 14.3. The minimum atomic E-state index is -0.713. The van der Waals surface area contributed by atoms with Crippen molar-refractivity contribution in [1.82, 2.24) is 15.3 Å². The van der Waals surface area contributed by atoms with E-state index >= 15 is 0 Å². The quantitative estimate of drug-likeness (QED) is 0.585. The minimum Gasteiger partial charge on any atom is -0.381 e. The molecule has 6 nitrogen and oxygen atoms in total. The fourth-order valence-corrected chi connectivity index (χ4v) is 3.68. The van der Waals surface area contributed by atoms with Gasteiger partial charge in [0.15, 0.2) is 0 Å². The van der Waals surface area contributed by atoms with Crippen LogP contribution < -0.4 is 16.0 Å². The van der Waals surface area contributed by atoms with E-state index in [1.54, 1.807) is 12.3 Å². The number of fused-ring (bicyclic) bond motifs is 1. The van der Waals surface area contributed by atoms with Crippen LogP contribution in [0, 0.1) is 11.6 Å². The average molecular weight is 407 g/mol. The number of rotatable bonds is 5. The zero-order valence-electron chi connectivity index (χ0n) is 16.0. The molecule has 5 rings (SSSR count). The first-order valence-corrected chi connectivity index (χ1v) is 9.84. The van der Waals surface area contributed by atoms with E-state index in [9.17, 15) is 13.6 Å². The van der Waals surface area contributed by atoms with Gasteiger partial charge in [-0.2, -0.15) is 0 Å². The van der Waals surface area contributed by atoms with Crippen LogP contribution in [-0.4, -0.2) is 21.9 Å². The number of nitrogens with zero attached hydrogens (tertiary/aromatic N) is 2. The number of hydrogen-bond donors (Lipinski definition) is 3. The lowest BCUT2D eigenvalue weighted by Crippen LogP contribution is -2.26. The molecule has 8 heteroatoms. The summed E-state index contributed by atoms with van der Waals surface area (Å²) in [4.78, 5) is 21.0. The summed E-state index contributed by atoms with van der Waals surface area (Å²) >= 11 is 0. The van der Waals surface area contributed by atoms with Crippen LogP contribution in [0.15, 0.2) is 42.6 Å². The van der Waals surface area contributed by atoms with E-state index in [1.807, 2.05) is 6.07 Å². The van der Waals surface area contributed by atoms with E-state index in [2.05, 4.69) is 25.9 Å². The van der Waals surface area contributed by atoms with Gasteiger partial charge in [0.25, 0.3) is 5.91 Å². The molecule has 3 N–H and O–H groups in total. The Morgan fingerprint density at radius 2 is 1.87 bits per heavy atom. The molecule has 0 spiro atoms. The average Bonchev–Trinajstić information content (AvgIpc) is 3.07. The SMILES string of the molecule is O=C1NCc2nc(-c3c(F)cccc3F)cc(Nc3ccc(NC4CCC4)cn3)c21. The second kappa shape index (κ2) is 7.37. The van der Waals surface area contributed by atoms with E-state index in [0.29, 0.717) is 28.8 Å². The van der Waals surface area contributed by atoms with Crippen LogP contribution in [0.25, 0.3) is 11.3 Å². The third-order valence-corrected chi connectivity index (χ3v) is 5.46. The molecule has 0 saturated heterocycles. The lowest BCUT2D eigenvalue weighted by atomic mass is 9.93. The summed E-state index contributed by atoms with van der Waals surface area (Å²) in [6, 6.07) is 9.34. The third kappa shape index (κ3) is 3.34. The Morgan fingerprint density at radius 1 is 1.07 bits per heavy atom. The van der Waals surface area contributed by atoms with Crippen molar-refractivity contribution >= 4 is 23.1 Å². The Morgan fingerprint density at radius 3 is 2.53 bits per heavy atom. The van der Waals surface area contributed by atoms with Crippen LogP contribution in [0.2, 0.25) is 0 Å². The molecule has 0 atom stereocenters. The number of aromatic nitrogens is 2. The number of pyridine rings is 2. The Bertz CT molecular complexity index is 1110. The molecular weight excluding hydrogens is 388 g/mol. The van der Waals surface area contributed by atoms with Crippen molar-refractivity contribution < 1.29 is 13.6 Å². The summed E-state index contributed by atoms with van der Waals surface area (Å²) in [6.07, 6.45) is 5.28. The predicted octanol–water partition coefficient (Wildman–Crippen LogP) is 4.37. The summed E-state index contributed by atoms with van der Waals surface area (Å²) in [6.45, 7) is 0.199. The highest BCUT2D eigenvalue weighted by atomic mass is 19.1. The van der Waals surface area contributed by atoms with Gasteiger partial charge in [0.05, 0.1) is 46.6 Å². The summed E-state index contributed by atoms with van der Waals surface area (Å²) < 4.78 is 28.6. The van der Waals surface area contributed by atoms with Crippen molar-refractivity contribution in [3.05, 3.63) is 65.5 Å². The second-order valence-corrected chi connectivity index (χ2v) is 7.49. The van der Waals surface area contributed by atoms with Gasteiger partial charge in [-0.3, -0.25) is 4.79 Å². The van der Waals surface area contributed by atoms with Gasteiger partial charge in [-0.1, -0.05) is 6.07 Å². The fourth-order valence-electron chi connectivity index (χ4n) is 3.68. The monoisotopic (exact) mass is 407 g/mol. The van der Waals surface area contributed by atoms with Crippen LogP contribution in [-0.2, 0) is 6.54 Å². The summed E-state index contributed by atoms with van der Waals surface area (Å²) in [5.41, 5.74) is 2.01. The Balaban J connectivity index is 1.49. The lowest BCUT2D eigenvalue weighted by Gasteiger charge is -2.27. The predicted molar refractivity (Wildman–Crippen MR) is 110 cm³/mol. The molecule has 1 aliphatic carbocycles. The zero-order valence-corrected chi connectivity index (χ0v) is 16.0. The molecule has 30 heavy (non-hydrogen) atoms. The molecule has 1 saturated carbocycles. The molecule has 152 valence electrons.